The number of anilines is 4. The van der Waals surface area contributed by atoms with Gasteiger partial charge in [-0.15, -0.1) is 22.7 Å². The van der Waals surface area contributed by atoms with Crippen molar-refractivity contribution in [1.82, 2.24) is 102 Å². The van der Waals surface area contributed by atoms with Gasteiger partial charge in [0.25, 0.3) is 0 Å². The van der Waals surface area contributed by atoms with Gasteiger partial charge in [0.1, 0.15) is 12.7 Å². The molecule has 0 aliphatic carbocycles. The van der Waals surface area contributed by atoms with Gasteiger partial charge < -0.3 is 91.7 Å². The van der Waals surface area contributed by atoms with Gasteiger partial charge in [-0.05, 0) is 171 Å². The summed E-state index contributed by atoms with van der Waals surface area (Å²) in [5.74, 6) is 0. The van der Waals surface area contributed by atoms with E-state index in [1.165, 1.54) is 12.7 Å². The molecule has 26 rings (SSSR count). The topological polar surface area (TPSA) is 211 Å². The molecule has 0 atom stereocenters. The van der Waals surface area contributed by atoms with Crippen LogP contribution in [0, 0.1) is 81.8 Å². The predicted octanol–water partition coefficient (Wildman–Crippen LogP) is 17.7. The maximum absolute atomic E-state index is 4.83. The summed E-state index contributed by atoms with van der Waals surface area (Å²) < 4.78 is 7.53. The minimum absolute atomic E-state index is 0. The Morgan fingerprint density at radius 1 is 0.281 bits per heavy atom. The third kappa shape index (κ3) is 18.7. The zero-order valence-corrected chi connectivity index (χ0v) is 78.1. The Kier molecular flexibility index (Phi) is 28.3. The van der Waals surface area contributed by atoms with Crippen molar-refractivity contribution in [3.05, 3.63) is 412 Å². The zero-order valence-electron chi connectivity index (χ0n) is 68.5. The van der Waals surface area contributed by atoms with Crippen LogP contribution in [0.15, 0.2) is 330 Å². The van der Waals surface area contributed by atoms with E-state index < -0.39 is 0 Å². The van der Waals surface area contributed by atoms with Crippen LogP contribution in [0.2, 0.25) is 0 Å². The first-order valence-corrected chi connectivity index (χ1v) is 39.3. The molecule has 0 spiro atoms. The van der Waals surface area contributed by atoms with Crippen molar-refractivity contribution in [1.29, 1.82) is 0 Å². The number of aromatic nitrogens is 17. The van der Waals surface area contributed by atoms with Gasteiger partial charge in [0.05, 0.1) is 33.2 Å². The summed E-state index contributed by atoms with van der Waals surface area (Å²) in [5.41, 5.74) is 15.6. The first kappa shape index (κ1) is 88.6. The number of benzene rings is 7. The van der Waals surface area contributed by atoms with Crippen LogP contribution in [0.25, 0.3) is 132 Å². The van der Waals surface area contributed by atoms with Gasteiger partial charge in [-0.2, -0.15) is 177 Å². The van der Waals surface area contributed by atoms with Gasteiger partial charge in [-0.25, -0.2) is 31.0 Å². The summed E-state index contributed by atoms with van der Waals surface area (Å²) in [4.78, 5) is 73.0. The van der Waals surface area contributed by atoms with Crippen molar-refractivity contribution in [2.75, 3.05) is 47.8 Å². The van der Waals surface area contributed by atoms with Crippen molar-refractivity contribution in [2.24, 2.45) is 0 Å². The molecule has 0 amide bonds. The number of hydrogen-bond acceptors (Lipinski definition) is 21. The second-order valence-corrected chi connectivity index (χ2v) is 28.4. The van der Waals surface area contributed by atoms with Crippen LogP contribution in [0.4, 0.5) is 22.7 Å². The SMILES string of the molecule is CN1C=CN(c2[c-]cccc2)[CH-]1.CN1C=CN(c2[c-]cccc2)[CH-]1.CN1C=CN(c2[c-]cccc2)[CH-]1.CN1C=CN(c2[c-]cccc2)[CH-]1.[Ir+3].[Ir+3].[Ir+3].[Ir].[c-]1cccc2c3cnc4ccccc4c3c3nc[c-]n3c12.[c-]1cnc2c3cc4ccccc4nc3c3cccnc3n12.[c-]1cnc2c3cncnc3c3cccnc3n12.[c-]1cnc2c3ncncc3c3cccnc3n12. The van der Waals surface area contributed by atoms with Crippen LogP contribution in [-0.2, 0) is 80.4 Å². The molecule has 4 aliphatic rings. The second kappa shape index (κ2) is 40.8. The van der Waals surface area contributed by atoms with Crippen LogP contribution in [0.3, 0.4) is 0 Å². The van der Waals surface area contributed by atoms with Gasteiger partial charge in [-0.1, -0.05) is 90.8 Å². The minimum atomic E-state index is 0. The molecule has 0 N–H and O–H groups in total. The van der Waals surface area contributed by atoms with Crippen LogP contribution < -0.4 is 19.6 Å². The standard InChI is InChI=1S/C18H9N3.C17H9N4.2C12H6N5.4C10H10N2.4Ir/c1-3-7-15-13(6-1)17-14(11-20-15)12-5-2-4-8-16(12)21-10-9-19-18(17)21;1-2-6-14-11(4-1)10-13-15(20-14)12-5-3-7-18-16(12)21-9-8-19-17(13)21;1-2-8-10-9(6-13-7-16-10)12-15-4-5-17(12)11(8)14-3-1;1-2-8-9-6-13-7-16-10(9)12-15-4-5-17(12)11(8)14-3-1;4*1-11-7-8-12(9-11)10-5-3-2-4-6-10;;;;/h1-7,9,11H;1-8,10H;2*1-4,6-7H;4*2-5,7-9H,1H3;;;;/q-2;3*-1;4*-2;;3*+3. The number of imidazole rings is 4. The molecule has 29 heteroatoms. The average Bonchev–Trinajstić information content (AvgIpc) is 1.44. The van der Waals surface area contributed by atoms with Crippen molar-refractivity contribution in [3.8, 4) is 0 Å². The van der Waals surface area contributed by atoms with E-state index in [0.717, 1.165) is 155 Å². The van der Waals surface area contributed by atoms with Crippen LogP contribution >= 0.6 is 0 Å². The average molecular weight is 2380 g/mol. The van der Waals surface area contributed by atoms with E-state index in [4.69, 9.17) is 4.98 Å². The molecule has 128 heavy (non-hydrogen) atoms. The number of rotatable bonds is 4. The van der Waals surface area contributed by atoms with E-state index in [9.17, 15) is 0 Å². The van der Waals surface area contributed by atoms with E-state index in [-0.39, 0.29) is 80.4 Å². The molecular weight excluding hydrogens is 2310 g/mol. The largest absolute Gasteiger partial charge is 3.00 e. The molecule has 4 aliphatic heterocycles. The Labute approximate surface area is 790 Å². The van der Waals surface area contributed by atoms with Gasteiger partial charge in [0, 0.05) is 102 Å². The molecule has 0 saturated carbocycles. The molecule has 7 aromatic carbocycles. The van der Waals surface area contributed by atoms with E-state index in [1.54, 1.807) is 55.8 Å². The molecule has 0 fully saturated rings. The van der Waals surface area contributed by atoms with Crippen LogP contribution in [-0.4, -0.2) is 130 Å². The smallest absolute Gasteiger partial charge is 0.510 e. The Hall–Kier alpha value is -14.2. The maximum atomic E-state index is 4.83. The third-order valence-corrected chi connectivity index (χ3v) is 20.3. The van der Waals surface area contributed by atoms with Crippen LogP contribution in [0.1, 0.15) is 0 Å². The predicted molar refractivity (Wildman–Crippen MR) is 486 cm³/mol. The van der Waals surface area contributed by atoms with E-state index in [2.05, 4.69) is 139 Å². The summed E-state index contributed by atoms with van der Waals surface area (Å²) in [6, 6.07) is 83.7. The van der Waals surface area contributed by atoms with E-state index in [1.807, 2.05) is 349 Å². The molecule has 0 saturated heterocycles. The molecule has 0 unspecified atom stereocenters. The summed E-state index contributed by atoms with van der Waals surface area (Å²) in [7, 11) is 8.00. The van der Waals surface area contributed by atoms with E-state index >= 15 is 0 Å². The number of nitrogens with zero attached hydrogens (tertiary/aromatic N) is 25. The molecule has 25 nitrogen and oxygen atoms in total. The molecule has 22 aromatic rings. The Morgan fingerprint density at radius 2 is 0.680 bits per heavy atom. The molecular formula is C99H70Ir4N25-4. The maximum Gasteiger partial charge on any atom is 3.00 e. The van der Waals surface area contributed by atoms with Crippen molar-refractivity contribution < 1.29 is 80.4 Å². The first-order valence-electron chi connectivity index (χ1n) is 39.3. The molecule has 19 heterocycles. The minimum Gasteiger partial charge on any atom is -0.510 e. The molecule has 631 valence electrons. The normalized spacial score (nSPS) is 12.8. The summed E-state index contributed by atoms with van der Waals surface area (Å²) >= 11 is 0. The zero-order chi connectivity index (χ0) is 83.7. The Bertz CT molecular complexity index is 7110. The fourth-order valence-electron chi connectivity index (χ4n) is 14.6. The third-order valence-electron chi connectivity index (χ3n) is 20.3. The van der Waals surface area contributed by atoms with Gasteiger partial charge in [-0.3, -0.25) is 4.98 Å². The number of hydrogen-bond donors (Lipinski definition) is 0. The number of pyridine rings is 9. The molecule has 1 radical (unpaired) electrons. The van der Waals surface area contributed by atoms with Gasteiger partial charge in [0.2, 0.25) is 0 Å². The summed E-state index contributed by atoms with van der Waals surface area (Å²) in [6.07, 6.45) is 48.9. The van der Waals surface area contributed by atoms with Gasteiger partial charge in [0.15, 0.2) is 0 Å². The monoisotopic (exact) mass is 2380 g/mol. The quantitative estimate of drug-likeness (QED) is 0.0910. The number of fused-ring (bicyclic) bond motifs is 27. The summed E-state index contributed by atoms with van der Waals surface area (Å²) in [5, 5.41) is 11.5. The van der Waals surface area contributed by atoms with Crippen LogP contribution in [0.5, 0.6) is 0 Å². The first-order chi connectivity index (χ1) is 61.2. The molecule has 0 bridgehead atoms. The van der Waals surface area contributed by atoms with Crippen molar-refractivity contribution in [2.45, 2.75) is 0 Å². The fraction of sp³-hybridized carbons (Fsp3) is 0.0404. The summed E-state index contributed by atoms with van der Waals surface area (Å²) in [6.45, 7) is 8.02. The van der Waals surface area contributed by atoms with Crippen molar-refractivity contribution >= 4 is 155 Å². The Balaban J connectivity index is 0.000000113. The molecule has 15 aromatic heterocycles. The fourth-order valence-corrected chi connectivity index (χ4v) is 14.6. The van der Waals surface area contributed by atoms with Crippen molar-refractivity contribution in [3.63, 3.8) is 0 Å². The van der Waals surface area contributed by atoms with E-state index in [0.29, 0.717) is 0 Å². The number of para-hydroxylation sites is 7. The Morgan fingerprint density at radius 3 is 1.19 bits per heavy atom. The second-order valence-electron chi connectivity index (χ2n) is 28.4. The van der Waals surface area contributed by atoms with Gasteiger partial charge >= 0.3 is 60.3 Å².